The molecule has 2 N–H and O–H groups in total. The van der Waals surface area contributed by atoms with Gasteiger partial charge in [0.05, 0.1) is 21.8 Å². The number of aromatic amines is 1. The minimum atomic E-state index is -0.865. The molecule has 1 saturated heterocycles. The van der Waals surface area contributed by atoms with E-state index in [9.17, 15) is 29.3 Å². The van der Waals surface area contributed by atoms with E-state index in [2.05, 4.69) is 4.98 Å². The topological polar surface area (TPSA) is 160 Å². The van der Waals surface area contributed by atoms with Crippen molar-refractivity contribution in [2.24, 2.45) is 29.6 Å². The number of carboxylic acids is 1. The Morgan fingerprint density at radius 2 is 1.80 bits per heavy atom. The molecule has 0 spiro atoms. The zero-order chi connectivity index (χ0) is 31.4. The Morgan fingerprint density at radius 3 is 2.53 bits per heavy atom. The van der Waals surface area contributed by atoms with Crippen molar-refractivity contribution in [3.8, 4) is 5.75 Å². The number of imide groups is 1. The summed E-state index contributed by atoms with van der Waals surface area (Å²) in [6.45, 7) is 0.529. The van der Waals surface area contributed by atoms with Crippen LogP contribution in [-0.2, 0) is 21.0 Å². The number of amides is 2. The van der Waals surface area contributed by atoms with Crippen LogP contribution in [0.1, 0.15) is 54.0 Å². The first kappa shape index (κ1) is 29.7. The van der Waals surface area contributed by atoms with E-state index < -0.39 is 28.6 Å². The van der Waals surface area contributed by atoms with E-state index in [1.54, 1.807) is 23.9 Å². The Labute approximate surface area is 266 Å². The number of nitrogens with zero attached hydrogens (tertiary/aromatic N) is 2. The fourth-order valence-electron chi connectivity index (χ4n) is 8.13. The second-order valence-electron chi connectivity index (χ2n) is 12.2. The van der Waals surface area contributed by atoms with Gasteiger partial charge in [-0.1, -0.05) is 48.1 Å². The fraction of sp³-hybridized carbons (Fsp3) is 0.438. The number of ether oxygens (including phenoxy) is 1. The molecule has 2 bridgehead atoms. The molecule has 13 heteroatoms. The molecule has 7 rings (SSSR count). The predicted molar refractivity (Wildman–Crippen MR) is 165 cm³/mol. The molecule has 1 aromatic heterocycles. The van der Waals surface area contributed by atoms with Gasteiger partial charge in [-0.2, -0.15) is 0 Å². The van der Waals surface area contributed by atoms with Crippen LogP contribution in [0, 0.1) is 39.7 Å². The number of nitrogens with one attached hydrogen (secondary N) is 1. The van der Waals surface area contributed by atoms with Crippen LogP contribution in [0.3, 0.4) is 0 Å². The zero-order valence-electron chi connectivity index (χ0n) is 24.1. The van der Waals surface area contributed by atoms with Crippen molar-refractivity contribution in [3.63, 3.8) is 0 Å². The molecule has 3 heterocycles. The lowest BCUT2D eigenvalue weighted by Crippen LogP contribution is -2.42. The average molecular weight is 650 g/mol. The molecule has 2 saturated carbocycles. The molecule has 3 fully saturated rings. The Kier molecular flexibility index (Phi) is 7.76. The Morgan fingerprint density at radius 1 is 1.04 bits per heavy atom. The van der Waals surface area contributed by atoms with E-state index in [1.807, 2.05) is 30.3 Å². The SMILES string of the molecule is O=C(O)CCCCCN1C(=O)C2C3CC(C2C1=O)C1C3Sc2[nH]c(=O)sc2[C@@H]1c1cc([N+](=O)[O-])ccc1OCc1ccccc1. The molecule has 4 aliphatic rings. The average Bonchev–Trinajstić information content (AvgIpc) is 3.75. The molecule has 7 atom stereocenters. The number of thiazole rings is 1. The van der Waals surface area contributed by atoms with Crippen LogP contribution >= 0.6 is 23.1 Å². The standard InChI is InChI=1S/C32H31N3O8S2/c36-22(37)9-5-2-6-12-34-30(38)25-19-14-20(26(25)31(34)39)27-24(19)23(28-29(44-27)33-32(40)45-28)18-13-17(35(41)42)10-11-21(18)43-15-16-7-3-1-4-8-16/h1,3-4,7-8,10-11,13,19-20,23-27H,2,5-6,9,12,14-15H2,(H,33,40)(H,36,37)/t19?,20?,23-,24?,25?,26?,27?/m1/s1. The Bertz CT molecular complexity index is 1740. The fourth-order valence-corrected chi connectivity index (χ4v) is 11.0. The lowest BCUT2D eigenvalue weighted by Gasteiger charge is -2.43. The number of thioether (sulfide) groups is 1. The van der Waals surface area contributed by atoms with Crippen molar-refractivity contribution in [1.29, 1.82) is 0 Å². The number of unbranched alkanes of at least 4 members (excludes halogenated alkanes) is 2. The quantitative estimate of drug-likeness (QED) is 0.126. The number of rotatable bonds is 11. The van der Waals surface area contributed by atoms with Crippen molar-refractivity contribution >= 4 is 46.6 Å². The van der Waals surface area contributed by atoms with E-state index in [4.69, 9.17) is 9.84 Å². The smallest absolute Gasteiger partial charge is 0.305 e. The van der Waals surface area contributed by atoms with Crippen LogP contribution in [-0.4, -0.2) is 49.5 Å². The van der Waals surface area contributed by atoms with Crippen molar-refractivity contribution < 1.29 is 29.2 Å². The summed E-state index contributed by atoms with van der Waals surface area (Å²) < 4.78 is 6.30. The van der Waals surface area contributed by atoms with Crippen molar-refractivity contribution in [1.82, 2.24) is 9.88 Å². The van der Waals surface area contributed by atoms with E-state index in [0.717, 1.165) is 21.8 Å². The van der Waals surface area contributed by atoms with Crippen LogP contribution in [0.5, 0.6) is 5.75 Å². The molecular weight excluding hydrogens is 618 g/mol. The number of likely N-dealkylation sites (tertiary alicyclic amines) is 1. The number of hydrogen-bond acceptors (Lipinski definition) is 9. The molecule has 2 aliphatic heterocycles. The third kappa shape index (κ3) is 5.15. The van der Waals surface area contributed by atoms with Gasteiger partial charge in [0.1, 0.15) is 12.4 Å². The largest absolute Gasteiger partial charge is 0.489 e. The first-order chi connectivity index (χ1) is 21.7. The maximum atomic E-state index is 13.8. The van der Waals surface area contributed by atoms with Gasteiger partial charge in [-0.15, -0.1) is 11.8 Å². The number of non-ortho nitro benzene ring substituents is 1. The molecule has 0 radical (unpaired) electrons. The molecule has 3 aromatic rings. The molecule has 11 nitrogen and oxygen atoms in total. The number of nitro benzene ring substituents is 1. The third-order valence-electron chi connectivity index (χ3n) is 9.86. The lowest BCUT2D eigenvalue weighted by atomic mass is 9.68. The summed E-state index contributed by atoms with van der Waals surface area (Å²) in [5.74, 6) is -2.38. The molecule has 234 valence electrons. The Balaban J connectivity index is 1.23. The van der Waals surface area contributed by atoms with E-state index in [1.165, 1.54) is 11.0 Å². The number of carboxylic acid groups (broad SMARTS) is 1. The van der Waals surface area contributed by atoms with Crippen molar-refractivity contribution in [2.75, 3.05) is 6.54 Å². The number of aromatic nitrogens is 1. The highest BCUT2D eigenvalue weighted by Crippen LogP contribution is 2.69. The Hall–Kier alpha value is -3.97. The van der Waals surface area contributed by atoms with Gasteiger partial charge >= 0.3 is 10.8 Å². The van der Waals surface area contributed by atoms with E-state index in [0.29, 0.717) is 42.0 Å². The highest BCUT2D eigenvalue weighted by molar-refractivity contribution is 8.00. The molecule has 45 heavy (non-hydrogen) atoms. The highest BCUT2D eigenvalue weighted by atomic mass is 32.2. The van der Waals surface area contributed by atoms with Crippen LogP contribution in [0.2, 0.25) is 0 Å². The van der Waals surface area contributed by atoms with Gasteiger partial charge in [0.15, 0.2) is 0 Å². The number of carbonyl (C=O) groups excluding carboxylic acids is 2. The second kappa shape index (κ2) is 11.8. The first-order valence-electron chi connectivity index (χ1n) is 15.1. The van der Waals surface area contributed by atoms with Gasteiger partial charge < -0.3 is 14.8 Å². The number of benzene rings is 2. The maximum Gasteiger partial charge on any atom is 0.305 e. The summed E-state index contributed by atoms with van der Waals surface area (Å²) in [6.07, 6.45) is 2.41. The van der Waals surface area contributed by atoms with Gasteiger partial charge in [0, 0.05) is 46.7 Å². The van der Waals surface area contributed by atoms with Crippen molar-refractivity contribution in [2.45, 2.75) is 54.9 Å². The molecule has 2 aromatic carbocycles. The van der Waals surface area contributed by atoms with Crippen molar-refractivity contribution in [3.05, 3.63) is 84.3 Å². The minimum Gasteiger partial charge on any atom is -0.489 e. The predicted octanol–water partition coefficient (Wildman–Crippen LogP) is 5.04. The van der Waals surface area contributed by atoms with Gasteiger partial charge in [0.2, 0.25) is 11.8 Å². The normalized spacial score (nSPS) is 27.7. The minimum absolute atomic E-state index is 0.0557. The monoisotopic (exact) mass is 649 g/mol. The van der Waals surface area contributed by atoms with E-state index in [-0.39, 0.29) is 65.0 Å². The summed E-state index contributed by atoms with van der Waals surface area (Å²) >= 11 is 2.65. The molecular formula is C32H31N3O8S2. The van der Waals surface area contributed by atoms with Crippen LogP contribution in [0.4, 0.5) is 5.69 Å². The van der Waals surface area contributed by atoms with Crippen LogP contribution in [0.15, 0.2) is 58.4 Å². The highest BCUT2D eigenvalue weighted by Gasteiger charge is 2.69. The van der Waals surface area contributed by atoms with Gasteiger partial charge in [-0.05, 0) is 48.6 Å². The summed E-state index contributed by atoms with van der Waals surface area (Å²) in [7, 11) is 0. The summed E-state index contributed by atoms with van der Waals surface area (Å²) in [5, 5.41) is 21.5. The van der Waals surface area contributed by atoms with Crippen LogP contribution in [0.25, 0.3) is 0 Å². The summed E-state index contributed by atoms with van der Waals surface area (Å²) in [5.41, 5.74) is 1.47. The lowest BCUT2D eigenvalue weighted by molar-refractivity contribution is -0.385. The molecule has 2 amide bonds. The van der Waals surface area contributed by atoms with Gasteiger partial charge in [-0.25, -0.2) is 0 Å². The number of nitro groups is 1. The zero-order valence-corrected chi connectivity index (χ0v) is 25.8. The summed E-state index contributed by atoms with van der Waals surface area (Å²) in [4.78, 5) is 67.5. The number of carbonyl (C=O) groups is 3. The van der Waals surface area contributed by atoms with E-state index >= 15 is 0 Å². The van der Waals surface area contributed by atoms with Gasteiger partial charge in [0.25, 0.3) is 5.69 Å². The molecule has 2 aliphatic carbocycles. The second-order valence-corrected chi connectivity index (χ2v) is 14.4. The molecule has 6 unspecified atom stereocenters. The summed E-state index contributed by atoms with van der Waals surface area (Å²) in [6, 6.07) is 14.2. The van der Waals surface area contributed by atoms with Gasteiger partial charge in [-0.3, -0.25) is 34.2 Å². The number of H-pyrrole nitrogens is 1. The third-order valence-corrected chi connectivity index (χ3v) is 12.5. The van der Waals surface area contributed by atoms with Crippen LogP contribution < -0.4 is 9.61 Å². The number of fused-ring (bicyclic) bond motifs is 9. The number of aliphatic carboxylic acids is 1. The first-order valence-corrected chi connectivity index (χ1v) is 16.8. The maximum absolute atomic E-state index is 13.8. The number of hydrogen-bond donors (Lipinski definition) is 2.